The minimum atomic E-state index is -0.0692. The molecule has 1 amide bonds. The van der Waals surface area contributed by atoms with Gasteiger partial charge in [-0.2, -0.15) is 5.10 Å². The summed E-state index contributed by atoms with van der Waals surface area (Å²) in [7, 11) is 3.64. The summed E-state index contributed by atoms with van der Waals surface area (Å²) in [6, 6.07) is 3.90. The minimum absolute atomic E-state index is 0.00727. The van der Waals surface area contributed by atoms with Crippen LogP contribution >= 0.6 is 0 Å². The summed E-state index contributed by atoms with van der Waals surface area (Å²) in [6.07, 6.45) is 2.62. The number of fused-ring (bicyclic) bond motifs is 1. The molecule has 3 rings (SSSR count). The van der Waals surface area contributed by atoms with E-state index in [0.29, 0.717) is 12.2 Å². The topological polar surface area (TPSA) is 63.2 Å². The number of amides is 1. The van der Waals surface area contributed by atoms with Crippen molar-refractivity contribution in [2.24, 2.45) is 7.05 Å². The number of aromatic amines is 1. The second-order valence-corrected chi connectivity index (χ2v) is 5.99. The Kier molecular flexibility index (Phi) is 3.78. The molecule has 0 fully saturated rings. The lowest BCUT2D eigenvalue weighted by molar-refractivity contribution is -0.00713. The molecule has 2 aromatic rings. The highest BCUT2D eigenvalue weighted by atomic mass is 16.5. The number of hydrogen-bond acceptors (Lipinski definition) is 3. The molecule has 0 aliphatic carbocycles. The van der Waals surface area contributed by atoms with E-state index < -0.39 is 0 Å². The van der Waals surface area contributed by atoms with Gasteiger partial charge in [-0.1, -0.05) is 0 Å². The van der Waals surface area contributed by atoms with Gasteiger partial charge in [0.1, 0.15) is 5.69 Å². The van der Waals surface area contributed by atoms with Gasteiger partial charge < -0.3 is 14.6 Å². The lowest BCUT2D eigenvalue weighted by Crippen LogP contribution is -2.30. The van der Waals surface area contributed by atoms with Crippen molar-refractivity contribution in [3.8, 4) is 0 Å². The van der Waals surface area contributed by atoms with E-state index in [0.717, 1.165) is 23.4 Å². The molecule has 3 heterocycles. The van der Waals surface area contributed by atoms with Crippen molar-refractivity contribution in [3.05, 3.63) is 41.0 Å². The number of aryl methyl sites for hydroxylation is 1. The van der Waals surface area contributed by atoms with Crippen molar-refractivity contribution in [3.63, 3.8) is 0 Å². The number of carbonyl (C=O) groups is 1. The minimum Gasteiger partial charge on any atom is -0.369 e. The number of H-pyrrole nitrogens is 1. The third kappa shape index (κ3) is 2.54. The van der Waals surface area contributed by atoms with E-state index in [1.54, 1.807) is 9.58 Å². The number of hydrogen-bond donors (Lipinski definition) is 1. The van der Waals surface area contributed by atoms with E-state index in [2.05, 4.69) is 10.1 Å². The molecule has 6 nitrogen and oxygen atoms in total. The van der Waals surface area contributed by atoms with Crippen LogP contribution in [0.3, 0.4) is 0 Å². The molecule has 0 aromatic carbocycles. The maximum absolute atomic E-state index is 12.8. The zero-order chi connectivity index (χ0) is 15.9. The molecule has 22 heavy (non-hydrogen) atoms. The molecule has 0 spiro atoms. The summed E-state index contributed by atoms with van der Waals surface area (Å²) in [5.74, 6) is -0.00727. The normalized spacial score (nSPS) is 20.7. The molecule has 2 atom stereocenters. The van der Waals surface area contributed by atoms with E-state index in [9.17, 15) is 4.79 Å². The molecule has 6 heteroatoms. The van der Waals surface area contributed by atoms with Gasteiger partial charge in [0.15, 0.2) is 0 Å². The van der Waals surface area contributed by atoms with Gasteiger partial charge in [0.25, 0.3) is 5.91 Å². The van der Waals surface area contributed by atoms with Crippen LogP contribution in [0.4, 0.5) is 0 Å². The van der Waals surface area contributed by atoms with E-state index in [1.165, 1.54) is 0 Å². The molecule has 0 saturated heterocycles. The lowest BCUT2D eigenvalue weighted by Gasteiger charge is -2.25. The molecule has 1 aliphatic heterocycles. The largest absolute Gasteiger partial charge is 0.369 e. The van der Waals surface area contributed by atoms with Crippen molar-refractivity contribution in [2.75, 3.05) is 7.05 Å². The maximum atomic E-state index is 12.8. The first-order chi connectivity index (χ1) is 10.5. The highest BCUT2D eigenvalue weighted by molar-refractivity contribution is 5.94. The average molecular weight is 302 g/mol. The average Bonchev–Trinajstić information content (AvgIpc) is 3.05. The van der Waals surface area contributed by atoms with Crippen LogP contribution in [0.1, 0.15) is 47.4 Å². The fraction of sp³-hybridized carbons (Fsp3) is 0.500. The zero-order valence-corrected chi connectivity index (χ0v) is 13.5. The first-order valence-electron chi connectivity index (χ1n) is 7.56. The van der Waals surface area contributed by atoms with E-state index >= 15 is 0 Å². The summed E-state index contributed by atoms with van der Waals surface area (Å²) in [4.78, 5) is 17.7. The van der Waals surface area contributed by atoms with Crippen molar-refractivity contribution < 1.29 is 9.53 Å². The summed E-state index contributed by atoms with van der Waals surface area (Å²) in [5.41, 5.74) is 3.59. The third-order valence-electron chi connectivity index (χ3n) is 4.11. The number of ether oxygens (including phenoxy) is 1. The molecule has 0 bridgehead atoms. The molecular formula is C16H22N4O2. The molecule has 0 saturated carbocycles. The van der Waals surface area contributed by atoms with E-state index in [1.807, 2.05) is 46.3 Å². The summed E-state index contributed by atoms with van der Waals surface area (Å²) in [5, 5.41) is 4.50. The van der Waals surface area contributed by atoms with E-state index in [-0.39, 0.29) is 18.1 Å². The Labute approximate surface area is 130 Å². The Hall–Kier alpha value is -2.08. The first-order valence-corrected chi connectivity index (χ1v) is 7.56. The smallest absolute Gasteiger partial charge is 0.272 e. The van der Waals surface area contributed by atoms with Crippen LogP contribution in [0, 0.1) is 0 Å². The highest BCUT2D eigenvalue weighted by Crippen LogP contribution is 2.31. The van der Waals surface area contributed by atoms with Gasteiger partial charge in [-0.3, -0.25) is 9.48 Å². The number of aromatic nitrogens is 3. The number of nitrogens with zero attached hydrogens (tertiary/aromatic N) is 3. The van der Waals surface area contributed by atoms with Crippen LogP contribution in [-0.2, 0) is 24.8 Å². The second-order valence-electron chi connectivity index (χ2n) is 5.99. The van der Waals surface area contributed by atoms with Gasteiger partial charge in [0.2, 0.25) is 0 Å². The molecule has 1 N–H and O–H groups in total. The Balaban J connectivity index is 1.89. The zero-order valence-electron chi connectivity index (χ0n) is 13.5. The van der Waals surface area contributed by atoms with Gasteiger partial charge in [0.05, 0.1) is 24.4 Å². The first kappa shape index (κ1) is 14.8. The van der Waals surface area contributed by atoms with Gasteiger partial charge >= 0.3 is 0 Å². The highest BCUT2D eigenvalue weighted by Gasteiger charge is 2.32. The maximum Gasteiger partial charge on any atom is 0.272 e. The van der Waals surface area contributed by atoms with E-state index in [4.69, 9.17) is 4.74 Å². The van der Waals surface area contributed by atoms with Gasteiger partial charge in [-0.25, -0.2) is 0 Å². The van der Waals surface area contributed by atoms with Crippen LogP contribution in [0.25, 0.3) is 0 Å². The number of carbonyl (C=O) groups excluding carboxylic acids is 1. The lowest BCUT2D eigenvalue weighted by atomic mass is 9.99. The fourth-order valence-corrected chi connectivity index (χ4v) is 3.11. The summed E-state index contributed by atoms with van der Waals surface area (Å²) in [6.45, 7) is 4.56. The van der Waals surface area contributed by atoms with Gasteiger partial charge in [0, 0.05) is 38.0 Å². The molecule has 118 valence electrons. The molecule has 2 aromatic heterocycles. The van der Waals surface area contributed by atoms with Gasteiger partial charge in [-0.05, 0) is 26.0 Å². The Morgan fingerprint density at radius 3 is 3.00 bits per heavy atom. The van der Waals surface area contributed by atoms with Gasteiger partial charge in [-0.15, -0.1) is 0 Å². The number of rotatable bonds is 3. The molecule has 0 radical (unpaired) electrons. The molecular weight excluding hydrogens is 280 g/mol. The predicted octanol–water partition coefficient (Wildman–Crippen LogP) is 2.04. The van der Waals surface area contributed by atoms with Crippen LogP contribution < -0.4 is 0 Å². The predicted molar refractivity (Wildman–Crippen MR) is 82.5 cm³/mol. The Morgan fingerprint density at radius 2 is 2.32 bits per heavy atom. The molecule has 0 unspecified atom stereocenters. The van der Waals surface area contributed by atoms with Crippen molar-refractivity contribution in [2.45, 2.75) is 39.0 Å². The Bertz CT molecular complexity index is 675. The van der Waals surface area contributed by atoms with Crippen LogP contribution in [0.5, 0.6) is 0 Å². The fourth-order valence-electron chi connectivity index (χ4n) is 3.11. The van der Waals surface area contributed by atoms with Crippen molar-refractivity contribution in [1.29, 1.82) is 0 Å². The Morgan fingerprint density at radius 1 is 1.55 bits per heavy atom. The number of nitrogens with one attached hydrogen (secondary N) is 1. The van der Waals surface area contributed by atoms with Crippen LogP contribution in [-0.4, -0.2) is 38.7 Å². The summed E-state index contributed by atoms with van der Waals surface area (Å²) >= 11 is 0. The summed E-state index contributed by atoms with van der Waals surface area (Å²) < 4.78 is 7.49. The van der Waals surface area contributed by atoms with Crippen molar-refractivity contribution in [1.82, 2.24) is 19.7 Å². The quantitative estimate of drug-likeness (QED) is 0.943. The standard InChI is InChI=1S/C16H22N4O2/c1-10-8-13-14(11(2)22-10)18-20(4)15(13)16(21)19(3)9-12-6-5-7-17-12/h5-7,10-11,17H,8-9H2,1-4H3/t10-,11+/m1/s1. The SMILES string of the molecule is C[C@@H]1Cc2c(nn(C)c2C(=O)N(C)Cc2ccc[nH]2)[C@H](C)O1. The second kappa shape index (κ2) is 5.61. The third-order valence-corrected chi connectivity index (χ3v) is 4.11. The monoisotopic (exact) mass is 302 g/mol. The molecule has 1 aliphatic rings. The van der Waals surface area contributed by atoms with Crippen LogP contribution in [0.15, 0.2) is 18.3 Å². The van der Waals surface area contributed by atoms with Crippen molar-refractivity contribution >= 4 is 5.91 Å². The van der Waals surface area contributed by atoms with Crippen LogP contribution in [0.2, 0.25) is 0 Å².